The molecule has 4 nitrogen and oxygen atoms in total. The molecule has 1 fully saturated rings. The maximum Gasteiger partial charge on any atom is 0.247 e. The molecule has 0 spiro atoms. The number of nitrogens with zero attached hydrogens (tertiary/aromatic N) is 2. The third-order valence-corrected chi connectivity index (χ3v) is 5.43. The van der Waals surface area contributed by atoms with E-state index >= 15 is 0 Å². The van der Waals surface area contributed by atoms with Crippen LogP contribution in [0.1, 0.15) is 31.4 Å². The third-order valence-electron chi connectivity index (χ3n) is 5.43. The van der Waals surface area contributed by atoms with Crippen LogP contribution in [0.25, 0.3) is 0 Å². The maximum absolute atomic E-state index is 13.1. The van der Waals surface area contributed by atoms with Gasteiger partial charge in [0, 0.05) is 32.2 Å². The molecule has 1 aliphatic heterocycles. The average molecular weight is 424 g/mol. The number of halogens is 2. The number of carbonyl (C=O) groups excluding carboxylic acids is 1. The molecule has 2 N–H and O–H groups in total. The number of amides is 1. The molecular formula is C22H31Cl2N3O. The van der Waals surface area contributed by atoms with Crippen molar-refractivity contribution in [3.05, 3.63) is 71.8 Å². The standard InChI is InChI=1S/C22H29N3O.2ClH/c1-18-13-14-24(15-16-25(18)17-19-9-5-3-6-10-19)21(26)22(2,23)20-11-7-4-8-12-20;;/h3-12,18H,13-17,23H2,1-2H3;2*1H. The van der Waals surface area contributed by atoms with E-state index in [-0.39, 0.29) is 30.7 Å². The summed E-state index contributed by atoms with van der Waals surface area (Å²) in [5.41, 5.74) is 7.64. The molecule has 2 aromatic carbocycles. The Hall–Kier alpha value is -1.59. The van der Waals surface area contributed by atoms with Gasteiger partial charge in [0.1, 0.15) is 5.54 Å². The molecule has 1 saturated heterocycles. The van der Waals surface area contributed by atoms with Gasteiger partial charge in [0.2, 0.25) is 5.91 Å². The van der Waals surface area contributed by atoms with Crippen LogP contribution in [0.2, 0.25) is 0 Å². The van der Waals surface area contributed by atoms with Gasteiger partial charge in [-0.25, -0.2) is 0 Å². The molecule has 6 heteroatoms. The number of nitrogens with two attached hydrogens (primary N) is 1. The Morgan fingerprint density at radius 1 is 1.00 bits per heavy atom. The summed E-state index contributed by atoms with van der Waals surface area (Å²) in [4.78, 5) is 17.5. The van der Waals surface area contributed by atoms with Gasteiger partial charge >= 0.3 is 0 Å². The minimum atomic E-state index is -0.987. The molecule has 0 radical (unpaired) electrons. The zero-order chi connectivity index (χ0) is 18.6. The lowest BCUT2D eigenvalue weighted by molar-refractivity contribution is -0.136. The molecule has 2 aromatic rings. The molecule has 0 bridgehead atoms. The predicted molar refractivity (Wildman–Crippen MR) is 120 cm³/mol. The van der Waals surface area contributed by atoms with Crippen LogP contribution in [0, 0.1) is 0 Å². The summed E-state index contributed by atoms with van der Waals surface area (Å²) in [5, 5.41) is 0. The lowest BCUT2D eigenvalue weighted by Gasteiger charge is -2.31. The van der Waals surface area contributed by atoms with E-state index in [4.69, 9.17) is 5.73 Å². The molecule has 1 heterocycles. The molecule has 0 aromatic heterocycles. The van der Waals surface area contributed by atoms with E-state index in [1.807, 2.05) is 48.2 Å². The van der Waals surface area contributed by atoms with Crippen molar-refractivity contribution in [3.63, 3.8) is 0 Å². The second-order valence-corrected chi connectivity index (χ2v) is 7.45. The SMILES string of the molecule is CC1CCN(C(=O)C(C)(N)c2ccccc2)CCN1Cc1ccccc1.Cl.Cl. The lowest BCUT2D eigenvalue weighted by atomic mass is 9.91. The maximum atomic E-state index is 13.1. The Morgan fingerprint density at radius 2 is 1.57 bits per heavy atom. The van der Waals surface area contributed by atoms with Gasteiger partial charge in [-0.3, -0.25) is 9.69 Å². The van der Waals surface area contributed by atoms with Crippen molar-refractivity contribution in [2.24, 2.45) is 5.73 Å². The van der Waals surface area contributed by atoms with Crippen LogP contribution in [0.3, 0.4) is 0 Å². The highest BCUT2D eigenvalue weighted by atomic mass is 35.5. The first-order valence-electron chi connectivity index (χ1n) is 9.40. The minimum absolute atomic E-state index is 0. The van der Waals surface area contributed by atoms with Crippen LogP contribution >= 0.6 is 24.8 Å². The molecule has 1 aliphatic rings. The third kappa shape index (κ3) is 5.71. The van der Waals surface area contributed by atoms with Crippen molar-refractivity contribution >= 4 is 30.7 Å². The zero-order valence-corrected chi connectivity index (χ0v) is 18.2. The Labute approximate surface area is 180 Å². The quantitative estimate of drug-likeness (QED) is 0.812. The minimum Gasteiger partial charge on any atom is -0.339 e. The summed E-state index contributed by atoms with van der Waals surface area (Å²) in [6.07, 6.45) is 0.962. The average Bonchev–Trinajstić information content (AvgIpc) is 2.85. The first kappa shape index (κ1) is 24.4. The van der Waals surface area contributed by atoms with Crippen molar-refractivity contribution in [3.8, 4) is 0 Å². The Balaban J connectivity index is 0.00000196. The van der Waals surface area contributed by atoms with Crippen LogP contribution in [-0.4, -0.2) is 41.4 Å². The molecular weight excluding hydrogens is 393 g/mol. The van der Waals surface area contributed by atoms with E-state index < -0.39 is 5.54 Å². The summed E-state index contributed by atoms with van der Waals surface area (Å²) in [6.45, 7) is 7.33. The van der Waals surface area contributed by atoms with E-state index in [9.17, 15) is 4.79 Å². The molecule has 0 aliphatic carbocycles. The fourth-order valence-corrected chi connectivity index (χ4v) is 3.60. The lowest BCUT2D eigenvalue weighted by Crippen LogP contribution is -2.51. The second-order valence-electron chi connectivity index (χ2n) is 7.45. The first-order valence-corrected chi connectivity index (χ1v) is 9.40. The fourth-order valence-electron chi connectivity index (χ4n) is 3.60. The topological polar surface area (TPSA) is 49.6 Å². The van der Waals surface area contributed by atoms with Gasteiger partial charge in [0.15, 0.2) is 0 Å². The van der Waals surface area contributed by atoms with Crippen molar-refractivity contribution in [1.82, 2.24) is 9.80 Å². The van der Waals surface area contributed by atoms with E-state index in [0.29, 0.717) is 6.04 Å². The highest BCUT2D eigenvalue weighted by Crippen LogP contribution is 2.22. The smallest absolute Gasteiger partial charge is 0.247 e. The van der Waals surface area contributed by atoms with Crippen LogP contribution in [0.15, 0.2) is 60.7 Å². The van der Waals surface area contributed by atoms with Crippen molar-refractivity contribution in [1.29, 1.82) is 0 Å². The summed E-state index contributed by atoms with van der Waals surface area (Å²) in [7, 11) is 0. The largest absolute Gasteiger partial charge is 0.339 e. The van der Waals surface area contributed by atoms with Gasteiger partial charge in [-0.15, -0.1) is 24.8 Å². The van der Waals surface area contributed by atoms with Gasteiger partial charge < -0.3 is 10.6 Å². The highest BCUT2D eigenvalue weighted by molar-refractivity contribution is 5.87. The highest BCUT2D eigenvalue weighted by Gasteiger charge is 2.35. The Kier molecular flexibility index (Phi) is 9.45. The molecule has 0 saturated carbocycles. The molecule has 3 rings (SSSR count). The summed E-state index contributed by atoms with van der Waals surface area (Å²) in [5.74, 6) is 0.0115. The zero-order valence-electron chi connectivity index (χ0n) is 16.6. The van der Waals surface area contributed by atoms with E-state index in [0.717, 1.165) is 38.2 Å². The normalized spacial score (nSPS) is 19.5. The first-order chi connectivity index (χ1) is 12.5. The van der Waals surface area contributed by atoms with E-state index in [1.54, 1.807) is 0 Å². The van der Waals surface area contributed by atoms with Gasteiger partial charge in [-0.2, -0.15) is 0 Å². The van der Waals surface area contributed by atoms with E-state index in [1.165, 1.54) is 5.56 Å². The summed E-state index contributed by atoms with van der Waals surface area (Å²) in [6, 6.07) is 20.6. The molecule has 1 amide bonds. The van der Waals surface area contributed by atoms with Crippen molar-refractivity contribution < 1.29 is 4.79 Å². The van der Waals surface area contributed by atoms with Gasteiger partial charge in [-0.1, -0.05) is 60.7 Å². The van der Waals surface area contributed by atoms with Gasteiger partial charge in [-0.05, 0) is 31.4 Å². The van der Waals surface area contributed by atoms with Crippen LogP contribution in [-0.2, 0) is 16.9 Å². The van der Waals surface area contributed by atoms with Gasteiger partial charge in [0.05, 0.1) is 0 Å². The molecule has 154 valence electrons. The molecule has 2 atom stereocenters. The van der Waals surface area contributed by atoms with Crippen LogP contribution < -0.4 is 5.73 Å². The van der Waals surface area contributed by atoms with Crippen molar-refractivity contribution in [2.45, 2.75) is 38.4 Å². The summed E-state index contributed by atoms with van der Waals surface area (Å²) >= 11 is 0. The van der Waals surface area contributed by atoms with E-state index in [2.05, 4.69) is 36.1 Å². The monoisotopic (exact) mass is 423 g/mol. The van der Waals surface area contributed by atoms with Crippen molar-refractivity contribution in [2.75, 3.05) is 19.6 Å². The fraction of sp³-hybridized carbons (Fsp3) is 0.409. The number of hydrogen-bond donors (Lipinski definition) is 1. The van der Waals surface area contributed by atoms with Crippen LogP contribution in [0.5, 0.6) is 0 Å². The molecule has 2 unspecified atom stereocenters. The predicted octanol–water partition coefficient (Wildman–Crippen LogP) is 3.83. The molecule has 28 heavy (non-hydrogen) atoms. The summed E-state index contributed by atoms with van der Waals surface area (Å²) < 4.78 is 0. The Morgan fingerprint density at radius 3 is 2.18 bits per heavy atom. The second kappa shape index (κ2) is 10.8. The van der Waals surface area contributed by atoms with Crippen LogP contribution in [0.4, 0.5) is 0 Å². The van der Waals surface area contributed by atoms with Gasteiger partial charge in [0.25, 0.3) is 0 Å². The Bertz CT molecular complexity index is 725. The number of rotatable bonds is 4. The number of hydrogen-bond acceptors (Lipinski definition) is 3. The number of carbonyl (C=O) groups is 1. The number of benzene rings is 2.